The zero-order chi connectivity index (χ0) is 14.3. The maximum Gasteiger partial charge on any atom is 0.336 e. The third kappa shape index (κ3) is 1.95. The molecule has 0 unspecified atom stereocenters. The van der Waals surface area contributed by atoms with E-state index in [0.29, 0.717) is 5.56 Å². The minimum atomic E-state index is -1.29. The van der Waals surface area contributed by atoms with Gasteiger partial charge in [0.1, 0.15) is 5.52 Å². The Morgan fingerprint density at radius 2 is 2.00 bits per heavy atom. The number of aromatic carboxylic acids is 1. The van der Waals surface area contributed by atoms with Crippen molar-refractivity contribution in [3.05, 3.63) is 49.8 Å². The molecule has 7 nitrogen and oxygen atoms in total. The highest BCUT2D eigenvalue weighted by Gasteiger charge is 2.21. The Hall–Kier alpha value is -2.70. The lowest BCUT2D eigenvalue weighted by Gasteiger charge is -2.09. The Labute approximate surface area is 106 Å². The number of carboxylic acid groups (broad SMARTS) is 1. The second kappa shape index (κ2) is 4.20. The number of carbonyl (C=O) groups is 1. The minimum Gasteiger partial charge on any atom is -0.478 e. The van der Waals surface area contributed by atoms with Crippen molar-refractivity contribution in [2.24, 2.45) is 7.05 Å². The Bertz CT molecular complexity index is 776. The number of pyridine rings is 1. The molecule has 1 heterocycles. The predicted molar refractivity (Wildman–Crippen MR) is 67.5 cm³/mol. The number of aromatic nitrogens is 1. The van der Waals surface area contributed by atoms with Crippen LogP contribution in [0.15, 0.2) is 23.0 Å². The predicted octanol–water partition coefficient (Wildman–Crippen LogP) is 1.45. The lowest BCUT2D eigenvalue weighted by atomic mass is 10.0. The molecule has 19 heavy (non-hydrogen) atoms. The third-order valence-corrected chi connectivity index (χ3v) is 2.89. The zero-order valence-corrected chi connectivity index (χ0v) is 10.2. The van der Waals surface area contributed by atoms with Gasteiger partial charge >= 0.3 is 5.97 Å². The molecule has 0 bridgehead atoms. The molecule has 0 aliphatic rings. The second-order valence-corrected chi connectivity index (χ2v) is 4.20. The minimum absolute atomic E-state index is 0.0144. The number of nitrogens with zero attached hydrogens (tertiary/aromatic N) is 2. The van der Waals surface area contributed by atoms with Gasteiger partial charge in [-0.1, -0.05) is 0 Å². The van der Waals surface area contributed by atoms with Gasteiger partial charge in [-0.25, -0.2) is 4.79 Å². The lowest BCUT2D eigenvalue weighted by Crippen LogP contribution is -2.19. The van der Waals surface area contributed by atoms with E-state index in [-0.39, 0.29) is 22.2 Å². The van der Waals surface area contributed by atoms with Crippen molar-refractivity contribution in [1.29, 1.82) is 0 Å². The highest BCUT2D eigenvalue weighted by atomic mass is 16.6. The number of non-ortho nitro benzene ring substituents is 1. The van der Waals surface area contributed by atoms with Gasteiger partial charge < -0.3 is 9.67 Å². The average molecular weight is 262 g/mol. The Morgan fingerprint density at radius 3 is 2.53 bits per heavy atom. The molecule has 0 saturated carbocycles. The molecule has 0 aliphatic heterocycles. The summed E-state index contributed by atoms with van der Waals surface area (Å²) in [5.41, 5.74) is -0.541. The molecule has 2 rings (SSSR count). The van der Waals surface area contributed by atoms with E-state index >= 15 is 0 Å². The molecular weight excluding hydrogens is 252 g/mol. The Morgan fingerprint density at radius 1 is 1.37 bits per heavy atom. The van der Waals surface area contributed by atoms with Gasteiger partial charge in [-0.15, -0.1) is 0 Å². The van der Waals surface area contributed by atoms with E-state index in [1.165, 1.54) is 19.2 Å². The van der Waals surface area contributed by atoms with Crippen molar-refractivity contribution in [1.82, 2.24) is 4.57 Å². The van der Waals surface area contributed by atoms with E-state index in [1.54, 1.807) is 6.92 Å². The summed E-state index contributed by atoms with van der Waals surface area (Å²) in [7, 11) is 1.37. The number of aryl methyl sites for hydroxylation is 2. The molecule has 0 amide bonds. The van der Waals surface area contributed by atoms with E-state index in [1.807, 2.05) is 0 Å². The largest absolute Gasteiger partial charge is 0.478 e. The molecule has 1 N–H and O–H groups in total. The summed E-state index contributed by atoms with van der Waals surface area (Å²) >= 11 is 0. The van der Waals surface area contributed by atoms with Gasteiger partial charge in [0.05, 0.1) is 10.5 Å². The fraction of sp³-hybridized carbons (Fsp3) is 0.167. The van der Waals surface area contributed by atoms with Gasteiger partial charge in [0.15, 0.2) is 0 Å². The molecule has 0 saturated heterocycles. The quantitative estimate of drug-likeness (QED) is 0.651. The summed E-state index contributed by atoms with van der Waals surface area (Å²) in [6.07, 6.45) is 0. The molecule has 98 valence electrons. The first-order valence-electron chi connectivity index (χ1n) is 5.35. The van der Waals surface area contributed by atoms with E-state index in [9.17, 15) is 19.7 Å². The standard InChI is InChI=1S/C12H10N2O5/c1-6-3-7-8(12(16)17)5-10(15)13(2)11(7)9(4-6)14(18)19/h3-5H,1-2H3,(H,16,17). The Kier molecular flexibility index (Phi) is 2.82. The first kappa shape index (κ1) is 12.7. The van der Waals surface area contributed by atoms with Crippen LogP contribution in [0.5, 0.6) is 0 Å². The van der Waals surface area contributed by atoms with Crippen molar-refractivity contribution >= 4 is 22.6 Å². The summed E-state index contributed by atoms with van der Waals surface area (Å²) in [4.78, 5) is 33.3. The van der Waals surface area contributed by atoms with Gasteiger partial charge in [0.2, 0.25) is 0 Å². The van der Waals surface area contributed by atoms with Crippen LogP contribution < -0.4 is 5.56 Å². The zero-order valence-electron chi connectivity index (χ0n) is 10.2. The van der Waals surface area contributed by atoms with Crippen molar-refractivity contribution < 1.29 is 14.8 Å². The average Bonchev–Trinajstić information content (AvgIpc) is 2.32. The number of nitro groups is 1. The first-order valence-corrected chi connectivity index (χ1v) is 5.35. The van der Waals surface area contributed by atoms with Crippen LogP contribution in [-0.4, -0.2) is 20.6 Å². The highest BCUT2D eigenvalue weighted by Crippen LogP contribution is 2.28. The van der Waals surface area contributed by atoms with Crippen molar-refractivity contribution in [2.75, 3.05) is 0 Å². The number of hydrogen-bond acceptors (Lipinski definition) is 4. The molecule has 0 fully saturated rings. The monoisotopic (exact) mass is 262 g/mol. The normalized spacial score (nSPS) is 10.6. The van der Waals surface area contributed by atoms with Crippen LogP contribution in [0.1, 0.15) is 15.9 Å². The highest BCUT2D eigenvalue weighted by molar-refractivity contribution is 6.05. The lowest BCUT2D eigenvalue weighted by molar-refractivity contribution is -0.383. The van der Waals surface area contributed by atoms with Crippen molar-refractivity contribution in [3.63, 3.8) is 0 Å². The van der Waals surface area contributed by atoms with Gasteiger partial charge in [0.25, 0.3) is 11.2 Å². The SMILES string of the molecule is Cc1cc([N+](=O)[O-])c2c(c1)c(C(=O)O)cc(=O)n2C. The van der Waals surface area contributed by atoms with E-state index in [0.717, 1.165) is 10.6 Å². The Balaban J connectivity index is 3.13. The summed E-state index contributed by atoms with van der Waals surface area (Å²) < 4.78 is 1.08. The van der Waals surface area contributed by atoms with E-state index in [4.69, 9.17) is 5.11 Å². The number of benzene rings is 1. The molecule has 0 aliphatic carbocycles. The van der Waals surface area contributed by atoms with Gasteiger partial charge in [-0.05, 0) is 18.6 Å². The van der Waals surface area contributed by atoms with Crippen molar-refractivity contribution in [2.45, 2.75) is 6.92 Å². The van der Waals surface area contributed by atoms with Gasteiger partial charge in [-0.2, -0.15) is 0 Å². The summed E-state index contributed by atoms with van der Waals surface area (Å²) in [6, 6.07) is 3.80. The summed E-state index contributed by atoms with van der Waals surface area (Å²) in [5, 5.41) is 20.3. The van der Waals surface area contributed by atoms with Gasteiger partial charge in [-0.3, -0.25) is 14.9 Å². The van der Waals surface area contributed by atoms with Gasteiger partial charge in [0, 0.05) is 24.6 Å². The van der Waals surface area contributed by atoms with Crippen LogP contribution in [0, 0.1) is 17.0 Å². The molecule has 0 radical (unpaired) electrons. The second-order valence-electron chi connectivity index (χ2n) is 4.20. The fourth-order valence-electron chi connectivity index (χ4n) is 2.04. The summed E-state index contributed by atoms with van der Waals surface area (Å²) in [6.45, 7) is 1.63. The van der Waals surface area contributed by atoms with Crippen LogP contribution in [0.25, 0.3) is 10.9 Å². The molecule has 7 heteroatoms. The van der Waals surface area contributed by atoms with Crippen molar-refractivity contribution in [3.8, 4) is 0 Å². The molecular formula is C12H10N2O5. The summed E-state index contributed by atoms with van der Waals surface area (Å²) in [5.74, 6) is -1.29. The van der Waals surface area contributed by atoms with E-state index < -0.39 is 16.5 Å². The first-order chi connectivity index (χ1) is 8.82. The topological polar surface area (TPSA) is 102 Å². The molecule has 0 atom stereocenters. The van der Waals surface area contributed by atoms with Crippen LogP contribution in [0.2, 0.25) is 0 Å². The molecule has 1 aromatic heterocycles. The number of hydrogen-bond donors (Lipinski definition) is 1. The van der Waals surface area contributed by atoms with Crippen LogP contribution >= 0.6 is 0 Å². The van der Waals surface area contributed by atoms with Crippen LogP contribution in [0.3, 0.4) is 0 Å². The number of carboxylic acids is 1. The van der Waals surface area contributed by atoms with Crippen LogP contribution in [-0.2, 0) is 7.05 Å². The third-order valence-electron chi connectivity index (χ3n) is 2.89. The van der Waals surface area contributed by atoms with Crippen LogP contribution in [0.4, 0.5) is 5.69 Å². The number of nitro benzene ring substituents is 1. The smallest absolute Gasteiger partial charge is 0.336 e. The fourth-order valence-corrected chi connectivity index (χ4v) is 2.04. The van der Waals surface area contributed by atoms with E-state index in [2.05, 4.69) is 0 Å². The molecule has 0 spiro atoms. The number of fused-ring (bicyclic) bond motifs is 1. The maximum atomic E-state index is 11.7. The molecule has 1 aromatic carbocycles. The molecule has 2 aromatic rings. The maximum absolute atomic E-state index is 11.7. The number of rotatable bonds is 2.